The molecule has 0 radical (unpaired) electrons. The van der Waals surface area contributed by atoms with E-state index in [0.717, 1.165) is 24.2 Å². The van der Waals surface area contributed by atoms with Gasteiger partial charge >= 0.3 is 0 Å². The third kappa shape index (κ3) is 2.23. The van der Waals surface area contributed by atoms with Crippen LogP contribution in [0.4, 0.5) is 0 Å². The van der Waals surface area contributed by atoms with Crippen molar-refractivity contribution < 1.29 is 5.11 Å². The van der Waals surface area contributed by atoms with Crippen LogP contribution < -0.4 is 0 Å². The van der Waals surface area contributed by atoms with Crippen molar-refractivity contribution in [2.75, 3.05) is 0 Å². The highest BCUT2D eigenvalue weighted by molar-refractivity contribution is 5.11. The van der Waals surface area contributed by atoms with Crippen molar-refractivity contribution in [2.45, 2.75) is 45.1 Å². The maximum absolute atomic E-state index is 9.99. The molecule has 1 aromatic heterocycles. The van der Waals surface area contributed by atoms with Crippen molar-refractivity contribution in [1.29, 1.82) is 0 Å². The first kappa shape index (κ1) is 10.7. The van der Waals surface area contributed by atoms with Gasteiger partial charge in [-0.1, -0.05) is 13.3 Å². The van der Waals surface area contributed by atoms with Crippen LogP contribution >= 0.6 is 0 Å². The van der Waals surface area contributed by atoms with Crippen LogP contribution in [0.5, 0.6) is 0 Å². The molecule has 1 aromatic rings. The molecule has 3 heteroatoms. The zero-order valence-electron chi connectivity index (χ0n) is 9.61. The molecular weight excluding hydrogens is 188 g/mol. The summed E-state index contributed by atoms with van der Waals surface area (Å²) in [4.78, 5) is 0. The second-order valence-electron chi connectivity index (χ2n) is 4.57. The lowest BCUT2D eigenvalue weighted by atomic mass is 9.80. The summed E-state index contributed by atoms with van der Waals surface area (Å²) in [6, 6.07) is 2.11. The molecule has 0 spiro atoms. The van der Waals surface area contributed by atoms with Crippen molar-refractivity contribution in [2.24, 2.45) is 13.0 Å². The minimum atomic E-state index is -0.168. The topological polar surface area (TPSA) is 38.0 Å². The van der Waals surface area contributed by atoms with Crippen LogP contribution in [0.15, 0.2) is 6.07 Å². The zero-order chi connectivity index (χ0) is 10.8. The van der Waals surface area contributed by atoms with Crippen LogP contribution in [-0.2, 0) is 19.9 Å². The predicted molar refractivity (Wildman–Crippen MR) is 59.6 cm³/mol. The lowest BCUT2D eigenvalue weighted by Crippen LogP contribution is -2.29. The quantitative estimate of drug-likeness (QED) is 0.817. The lowest BCUT2D eigenvalue weighted by molar-refractivity contribution is 0.0615. The Labute approximate surface area is 91.1 Å². The van der Waals surface area contributed by atoms with Gasteiger partial charge in [-0.05, 0) is 31.2 Å². The van der Waals surface area contributed by atoms with E-state index in [0.29, 0.717) is 5.92 Å². The van der Waals surface area contributed by atoms with Gasteiger partial charge in [0.25, 0.3) is 0 Å². The molecule has 0 aromatic carbocycles. The van der Waals surface area contributed by atoms with Gasteiger partial charge in [0.1, 0.15) is 0 Å². The molecule has 84 valence electrons. The molecule has 0 saturated heterocycles. The minimum Gasteiger partial charge on any atom is -0.392 e. The molecule has 1 aliphatic rings. The summed E-state index contributed by atoms with van der Waals surface area (Å²) in [7, 11) is 1.96. The zero-order valence-corrected chi connectivity index (χ0v) is 9.61. The monoisotopic (exact) mass is 208 g/mol. The second-order valence-corrected chi connectivity index (χ2v) is 4.57. The number of hydrogen-bond acceptors (Lipinski definition) is 2. The molecule has 1 aliphatic carbocycles. The van der Waals surface area contributed by atoms with Gasteiger partial charge in [-0.3, -0.25) is 4.68 Å². The first-order valence-corrected chi connectivity index (χ1v) is 5.90. The van der Waals surface area contributed by atoms with E-state index < -0.39 is 0 Å². The summed E-state index contributed by atoms with van der Waals surface area (Å²) >= 11 is 0. The molecule has 0 aliphatic heterocycles. The maximum Gasteiger partial charge on any atom is 0.0624 e. The number of nitrogens with zero attached hydrogens (tertiary/aromatic N) is 2. The Kier molecular flexibility index (Phi) is 3.10. The fourth-order valence-corrected chi connectivity index (χ4v) is 2.14. The van der Waals surface area contributed by atoms with E-state index in [9.17, 15) is 5.11 Å². The van der Waals surface area contributed by atoms with E-state index in [2.05, 4.69) is 18.1 Å². The molecular formula is C12H20N2O. The minimum absolute atomic E-state index is 0.168. The van der Waals surface area contributed by atoms with Crippen molar-refractivity contribution in [3.63, 3.8) is 0 Å². The van der Waals surface area contributed by atoms with E-state index in [1.54, 1.807) is 0 Å². The smallest absolute Gasteiger partial charge is 0.0624 e. The van der Waals surface area contributed by atoms with E-state index in [1.807, 2.05) is 11.7 Å². The normalized spacial score (nSPS) is 18.9. The molecule has 3 nitrogen and oxygen atoms in total. The third-order valence-corrected chi connectivity index (χ3v) is 3.50. The van der Waals surface area contributed by atoms with E-state index >= 15 is 0 Å². The highest BCUT2D eigenvalue weighted by Crippen LogP contribution is 2.30. The van der Waals surface area contributed by atoms with Crippen molar-refractivity contribution in [3.05, 3.63) is 17.5 Å². The van der Waals surface area contributed by atoms with Gasteiger partial charge in [-0.2, -0.15) is 5.10 Å². The Bertz CT molecular complexity index is 328. The molecule has 1 saturated carbocycles. The average Bonchev–Trinajstić information content (AvgIpc) is 2.44. The van der Waals surface area contributed by atoms with Gasteiger partial charge in [-0.25, -0.2) is 0 Å². The number of aliphatic hydroxyl groups excluding tert-OH is 1. The van der Waals surface area contributed by atoms with Crippen molar-refractivity contribution >= 4 is 0 Å². The fraction of sp³-hybridized carbons (Fsp3) is 0.750. The van der Waals surface area contributed by atoms with Crippen LogP contribution in [0.1, 0.15) is 37.6 Å². The predicted octanol–water partition coefficient (Wildman–Crippen LogP) is 1.69. The van der Waals surface area contributed by atoms with E-state index in [-0.39, 0.29) is 6.10 Å². The molecule has 0 bridgehead atoms. The fourth-order valence-electron chi connectivity index (χ4n) is 2.14. The Morgan fingerprint density at radius 2 is 2.33 bits per heavy atom. The first-order valence-electron chi connectivity index (χ1n) is 5.90. The number of aryl methyl sites for hydroxylation is 2. The van der Waals surface area contributed by atoms with Gasteiger partial charge in [0.05, 0.1) is 11.8 Å². The van der Waals surface area contributed by atoms with Gasteiger partial charge < -0.3 is 5.11 Å². The first-order chi connectivity index (χ1) is 7.20. The van der Waals surface area contributed by atoms with Crippen LogP contribution in [0, 0.1) is 5.92 Å². The van der Waals surface area contributed by atoms with Gasteiger partial charge in [0.15, 0.2) is 0 Å². The SMILES string of the molecule is CCc1cc(CC(O)C2CCC2)n(C)n1. The summed E-state index contributed by atoms with van der Waals surface area (Å²) in [5, 5.41) is 14.4. The lowest BCUT2D eigenvalue weighted by Gasteiger charge is -2.30. The number of hydrogen-bond donors (Lipinski definition) is 1. The highest BCUT2D eigenvalue weighted by Gasteiger charge is 2.26. The Morgan fingerprint density at radius 1 is 1.60 bits per heavy atom. The molecule has 15 heavy (non-hydrogen) atoms. The van der Waals surface area contributed by atoms with E-state index in [1.165, 1.54) is 19.3 Å². The number of rotatable bonds is 4. The summed E-state index contributed by atoms with van der Waals surface area (Å²) < 4.78 is 1.90. The van der Waals surface area contributed by atoms with Gasteiger partial charge in [0.2, 0.25) is 0 Å². The Balaban J connectivity index is 1.99. The Morgan fingerprint density at radius 3 is 2.80 bits per heavy atom. The second kappa shape index (κ2) is 4.35. The van der Waals surface area contributed by atoms with Crippen LogP contribution in [0.25, 0.3) is 0 Å². The average molecular weight is 208 g/mol. The molecule has 1 atom stereocenters. The maximum atomic E-state index is 9.99. The standard InChI is InChI=1S/C12H20N2O/c1-3-10-7-11(14(2)13-10)8-12(15)9-5-4-6-9/h7,9,12,15H,3-6,8H2,1-2H3. The largest absolute Gasteiger partial charge is 0.392 e. The molecule has 1 N–H and O–H groups in total. The number of aromatic nitrogens is 2. The van der Waals surface area contributed by atoms with Crippen molar-refractivity contribution in [1.82, 2.24) is 9.78 Å². The van der Waals surface area contributed by atoms with E-state index in [4.69, 9.17) is 0 Å². The van der Waals surface area contributed by atoms with Crippen molar-refractivity contribution in [3.8, 4) is 0 Å². The summed E-state index contributed by atoms with van der Waals surface area (Å²) in [6.07, 6.45) is 5.23. The molecule has 1 heterocycles. The molecule has 2 rings (SSSR count). The Hall–Kier alpha value is -0.830. The highest BCUT2D eigenvalue weighted by atomic mass is 16.3. The molecule has 1 unspecified atom stereocenters. The van der Waals surface area contributed by atoms with Crippen LogP contribution in [-0.4, -0.2) is 21.0 Å². The summed E-state index contributed by atoms with van der Waals surface area (Å²) in [6.45, 7) is 2.11. The van der Waals surface area contributed by atoms with Gasteiger partial charge in [-0.15, -0.1) is 0 Å². The summed E-state index contributed by atoms with van der Waals surface area (Å²) in [5.41, 5.74) is 2.28. The van der Waals surface area contributed by atoms with Crippen LogP contribution in [0.3, 0.4) is 0 Å². The summed E-state index contributed by atoms with van der Waals surface area (Å²) in [5.74, 6) is 0.532. The van der Waals surface area contributed by atoms with Crippen LogP contribution in [0.2, 0.25) is 0 Å². The third-order valence-electron chi connectivity index (χ3n) is 3.50. The molecule has 0 amide bonds. The van der Waals surface area contributed by atoms with Gasteiger partial charge in [0, 0.05) is 19.2 Å². The number of aliphatic hydroxyl groups is 1. The molecule has 1 fully saturated rings.